The summed E-state index contributed by atoms with van der Waals surface area (Å²) in [6.45, 7) is 4.49. The number of urea groups is 1. The SMILES string of the molecule is CCN(CCO)C(=O)CNC(=O)N1Cc2ccccc2N(C(=O)c2ccc(-n3cccn3)cc2Cl)C[C@H]1C. The lowest BCUT2D eigenvalue weighted by Gasteiger charge is -2.30. The van der Waals surface area contributed by atoms with E-state index in [1.165, 1.54) is 4.90 Å². The molecule has 1 aliphatic heterocycles. The number of halogens is 1. The van der Waals surface area contributed by atoms with Gasteiger partial charge in [-0.1, -0.05) is 29.8 Å². The molecule has 11 heteroatoms. The topological polar surface area (TPSA) is 111 Å². The van der Waals surface area contributed by atoms with Gasteiger partial charge < -0.3 is 25.1 Å². The second kappa shape index (κ2) is 12.1. The Morgan fingerprint density at radius 2 is 1.97 bits per heavy atom. The van der Waals surface area contributed by atoms with Crippen LogP contribution in [0.25, 0.3) is 5.69 Å². The Balaban J connectivity index is 1.54. The van der Waals surface area contributed by atoms with Gasteiger partial charge in [0.1, 0.15) is 0 Å². The van der Waals surface area contributed by atoms with Crippen molar-refractivity contribution < 1.29 is 19.5 Å². The monoisotopic (exact) mass is 538 g/mol. The van der Waals surface area contributed by atoms with Crippen molar-refractivity contribution in [2.24, 2.45) is 0 Å². The van der Waals surface area contributed by atoms with E-state index in [4.69, 9.17) is 16.7 Å². The number of likely N-dealkylation sites (N-methyl/N-ethyl adjacent to an activating group) is 1. The maximum absolute atomic E-state index is 13.8. The van der Waals surface area contributed by atoms with Crippen molar-refractivity contribution in [1.29, 1.82) is 0 Å². The normalized spacial score (nSPS) is 15.0. The van der Waals surface area contributed by atoms with Gasteiger partial charge in [0, 0.05) is 50.3 Å². The minimum Gasteiger partial charge on any atom is -0.395 e. The van der Waals surface area contributed by atoms with Crippen molar-refractivity contribution in [3.05, 3.63) is 77.1 Å². The number of amides is 4. The van der Waals surface area contributed by atoms with Gasteiger partial charge in [-0.15, -0.1) is 0 Å². The molecular formula is C27H31ClN6O4. The first kappa shape index (κ1) is 27.2. The lowest BCUT2D eigenvalue weighted by Crippen LogP contribution is -2.50. The number of aliphatic hydroxyl groups excluding tert-OH is 1. The molecule has 0 fully saturated rings. The van der Waals surface area contributed by atoms with E-state index in [0.717, 1.165) is 11.3 Å². The summed E-state index contributed by atoms with van der Waals surface area (Å²) in [6, 6.07) is 13.6. The molecule has 0 radical (unpaired) electrons. The van der Waals surface area contributed by atoms with Crippen LogP contribution in [-0.2, 0) is 11.3 Å². The van der Waals surface area contributed by atoms with Crippen molar-refractivity contribution in [3.8, 4) is 5.69 Å². The number of nitrogens with zero attached hydrogens (tertiary/aromatic N) is 5. The fourth-order valence-corrected chi connectivity index (χ4v) is 4.76. The number of hydrogen-bond donors (Lipinski definition) is 2. The Kier molecular flexibility index (Phi) is 8.65. The first-order valence-corrected chi connectivity index (χ1v) is 12.8. The lowest BCUT2D eigenvalue weighted by molar-refractivity contribution is -0.130. The molecule has 4 amide bonds. The number of anilines is 1. The smallest absolute Gasteiger partial charge is 0.318 e. The van der Waals surface area contributed by atoms with E-state index in [1.807, 2.05) is 38.1 Å². The molecule has 1 aromatic heterocycles. The molecule has 0 unspecified atom stereocenters. The number of benzene rings is 2. The molecule has 2 aromatic carbocycles. The summed E-state index contributed by atoms with van der Waals surface area (Å²) in [4.78, 5) is 44.1. The third kappa shape index (κ3) is 5.81. The van der Waals surface area contributed by atoms with Gasteiger partial charge in [0.2, 0.25) is 5.91 Å². The summed E-state index contributed by atoms with van der Waals surface area (Å²) in [7, 11) is 0. The first-order chi connectivity index (χ1) is 18.3. The summed E-state index contributed by atoms with van der Waals surface area (Å²) in [6.07, 6.45) is 3.45. The van der Waals surface area contributed by atoms with E-state index < -0.39 is 6.03 Å². The van der Waals surface area contributed by atoms with E-state index in [9.17, 15) is 14.4 Å². The first-order valence-electron chi connectivity index (χ1n) is 12.5. The number of aromatic nitrogens is 2. The molecule has 1 aliphatic rings. The van der Waals surface area contributed by atoms with Crippen molar-refractivity contribution in [3.63, 3.8) is 0 Å². The number of carbonyl (C=O) groups excluding carboxylic acids is 3. The van der Waals surface area contributed by atoms with E-state index in [2.05, 4.69) is 10.4 Å². The van der Waals surface area contributed by atoms with Crippen LogP contribution in [0.3, 0.4) is 0 Å². The Hall–Kier alpha value is -3.89. The largest absolute Gasteiger partial charge is 0.395 e. The average Bonchev–Trinajstić information content (AvgIpc) is 3.42. The van der Waals surface area contributed by atoms with Gasteiger partial charge in [-0.05, 0) is 49.7 Å². The second-order valence-corrected chi connectivity index (χ2v) is 9.40. The molecule has 200 valence electrons. The Morgan fingerprint density at radius 1 is 1.18 bits per heavy atom. The highest BCUT2D eigenvalue weighted by atomic mass is 35.5. The molecule has 0 spiro atoms. The minimum atomic E-state index is -0.406. The molecule has 0 aliphatic carbocycles. The summed E-state index contributed by atoms with van der Waals surface area (Å²) in [5, 5.41) is 16.4. The van der Waals surface area contributed by atoms with Crippen molar-refractivity contribution >= 4 is 35.1 Å². The molecule has 3 aromatic rings. The highest BCUT2D eigenvalue weighted by molar-refractivity contribution is 6.34. The Morgan fingerprint density at radius 3 is 2.66 bits per heavy atom. The average molecular weight is 539 g/mol. The molecule has 38 heavy (non-hydrogen) atoms. The minimum absolute atomic E-state index is 0.146. The van der Waals surface area contributed by atoms with Crippen LogP contribution in [0.2, 0.25) is 5.02 Å². The van der Waals surface area contributed by atoms with E-state index in [1.54, 1.807) is 51.1 Å². The summed E-state index contributed by atoms with van der Waals surface area (Å²) < 4.78 is 1.66. The Labute approximate surface area is 226 Å². The Bertz CT molecular complexity index is 1300. The van der Waals surface area contributed by atoms with Crippen LogP contribution in [0.1, 0.15) is 29.8 Å². The van der Waals surface area contributed by atoms with Gasteiger partial charge in [-0.2, -0.15) is 5.10 Å². The van der Waals surface area contributed by atoms with E-state index >= 15 is 0 Å². The molecule has 0 saturated carbocycles. The van der Waals surface area contributed by atoms with Gasteiger partial charge in [0.25, 0.3) is 5.91 Å². The van der Waals surface area contributed by atoms with Crippen LogP contribution in [0.5, 0.6) is 0 Å². The predicted molar refractivity (Wildman–Crippen MR) is 144 cm³/mol. The third-order valence-electron chi connectivity index (χ3n) is 6.56. The molecule has 2 N–H and O–H groups in total. The molecule has 0 bridgehead atoms. The number of rotatable bonds is 7. The standard InChI is InChI=1S/C27H31ClN6O4/c1-3-31(13-14-35)25(36)16-29-27(38)32-18-20-7-4-5-8-24(20)33(17-19(32)2)26(37)22-10-9-21(15-23(22)28)34-12-6-11-30-34/h4-12,15,19,35H,3,13-14,16-18H2,1-2H3,(H,29,38)/t19-/m1/s1. The van der Waals surface area contributed by atoms with Crippen LogP contribution >= 0.6 is 11.6 Å². The second-order valence-electron chi connectivity index (χ2n) is 8.99. The van der Waals surface area contributed by atoms with Crippen LogP contribution in [0.15, 0.2) is 60.9 Å². The maximum atomic E-state index is 13.8. The zero-order valence-electron chi connectivity index (χ0n) is 21.4. The maximum Gasteiger partial charge on any atom is 0.318 e. The van der Waals surface area contributed by atoms with Crippen molar-refractivity contribution in [2.45, 2.75) is 26.4 Å². The highest BCUT2D eigenvalue weighted by Gasteiger charge is 2.32. The fraction of sp³-hybridized carbons (Fsp3) is 0.333. The number of para-hydroxylation sites is 1. The number of carbonyl (C=O) groups is 3. The predicted octanol–water partition coefficient (Wildman–Crippen LogP) is 2.93. The van der Waals surface area contributed by atoms with E-state index in [-0.39, 0.29) is 50.6 Å². The van der Waals surface area contributed by atoms with Crippen LogP contribution in [0.4, 0.5) is 10.5 Å². The number of nitrogens with one attached hydrogen (secondary N) is 1. The summed E-state index contributed by atoms with van der Waals surface area (Å²) in [5.41, 5.74) is 2.57. The van der Waals surface area contributed by atoms with Gasteiger partial charge in [0.05, 0.1) is 29.4 Å². The zero-order valence-corrected chi connectivity index (χ0v) is 22.1. The van der Waals surface area contributed by atoms with Gasteiger partial charge in [-0.3, -0.25) is 9.59 Å². The van der Waals surface area contributed by atoms with Gasteiger partial charge >= 0.3 is 6.03 Å². The van der Waals surface area contributed by atoms with Gasteiger partial charge in [-0.25, -0.2) is 9.48 Å². The van der Waals surface area contributed by atoms with Crippen LogP contribution in [-0.4, -0.2) is 81.4 Å². The summed E-state index contributed by atoms with van der Waals surface area (Å²) >= 11 is 6.56. The molecule has 2 heterocycles. The number of fused-ring (bicyclic) bond motifs is 1. The number of hydrogen-bond acceptors (Lipinski definition) is 5. The molecular weight excluding hydrogens is 508 g/mol. The number of aliphatic hydroxyl groups is 1. The molecule has 0 saturated heterocycles. The fourth-order valence-electron chi connectivity index (χ4n) is 4.50. The summed E-state index contributed by atoms with van der Waals surface area (Å²) in [5.74, 6) is -0.552. The van der Waals surface area contributed by atoms with Crippen LogP contribution < -0.4 is 10.2 Å². The molecule has 1 atom stereocenters. The third-order valence-corrected chi connectivity index (χ3v) is 6.87. The molecule has 4 rings (SSSR count). The zero-order chi connectivity index (χ0) is 27.2. The highest BCUT2D eigenvalue weighted by Crippen LogP contribution is 2.30. The van der Waals surface area contributed by atoms with Crippen molar-refractivity contribution in [2.75, 3.05) is 37.7 Å². The van der Waals surface area contributed by atoms with E-state index in [0.29, 0.717) is 22.8 Å². The lowest BCUT2D eigenvalue weighted by atomic mass is 10.1. The van der Waals surface area contributed by atoms with Crippen molar-refractivity contribution in [1.82, 2.24) is 24.9 Å². The van der Waals surface area contributed by atoms with Crippen LogP contribution in [0, 0.1) is 0 Å². The molecule has 10 nitrogen and oxygen atoms in total. The quantitative estimate of drug-likeness (QED) is 0.480. The van der Waals surface area contributed by atoms with Gasteiger partial charge in [0.15, 0.2) is 0 Å².